The highest BCUT2D eigenvalue weighted by molar-refractivity contribution is 7.81. The van der Waals surface area contributed by atoms with E-state index < -0.39 is 64.2 Å². The number of benzene rings is 3. The van der Waals surface area contributed by atoms with Gasteiger partial charge in [0.1, 0.15) is 30.5 Å². The molecule has 6 rings (SSSR count). The second-order valence-electron chi connectivity index (χ2n) is 17.9. The molecule has 0 unspecified atom stereocenters. The number of alkyl halides is 3. The number of anilines is 2. The molecule has 3 heterocycles. The number of nitrogens with one attached hydrogen (secondary N) is 1. The number of hydrogen-bond donors (Lipinski definition) is 2. The summed E-state index contributed by atoms with van der Waals surface area (Å²) in [5.74, 6) is -1.21. The lowest BCUT2D eigenvalue weighted by molar-refractivity contribution is -0.144. The monoisotopic (exact) mass is 962 g/mol. The lowest BCUT2D eigenvalue weighted by Gasteiger charge is -2.35. The molecular weight excluding hydrogens is 910 g/mol. The Hall–Kier alpha value is -5.78. The van der Waals surface area contributed by atoms with Crippen molar-refractivity contribution in [2.75, 3.05) is 49.4 Å². The second kappa shape index (κ2) is 21.0. The molecule has 2 aliphatic rings. The first-order chi connectivity index (χ1) is 31.6. The lowest BCUT2D eigenvalue weighted by atomic mass is 9.85. The van der Waals surface area contributed by atoms with E-state index in [0.717, 1.165) is 38.7 Å². The third kappa shape index (κ3) is 11.9. The Morgan fingerprint density at radius 1 is 1.00 bits per heavy atom. The van der Waals surface area contributed by atoms with Gasteiger partial charge in [0.2, 0.25) is 11.8 Å². The number of thiazole rings is 1. The van der Waals surface area contributed by atoms with Crippen molar-refractivity contribution >= 4 is 63.5 Å². The van der Waals surface area contributed by atoms with Crippen LogP contribution in [0.2, 0.25) is 0 Å². The van der Waals surface area contributed by atoms with Gasteiger partial charge in [0.05, 0.1) is 70.9 Å². The van der Waals surface area contributed by atoms with E-state index in [9.17, 15) is 42.7 Å². The number of β-amino-alcohol motifs (C(OH)–C–C–N with tert-alkyl or cyclic N) is 1. The number of carbonyl (C=O) groups is 4. The molecule has 2 N–H and O–H groups in total. The first-order valence-electron chi connectivity index (χ1n) is 21.6. The predicted molar refractivity (Wildman–Crippen MR) is 250 cm³/mol. The number of hydrogen-bond acceptors (Lipinski definition) is 12. The first kappa shape index (κ1) is 50.6. The number of aryl methyl sites for hydroxylation is 2. The molecule has 2 fully saturated rings. The number of aromatic nitrogens is 1. The fraction of sp³-hybridized carbons (Fsp3) is 0.438. The molecule has 3 atom stereocenters. The van der Waals surface area contributed by atoms with E-state index >= 15 is 0 Å². The van der Waals surface area contributed by atoms with Gasteiger partial charge in [0.25, 0.3) is 5.91 Å². The van der Waals surface area contributed by atoms with Crippen LogP contribution in [0.4, 0.5) is 24.5 Å². The number of halogens is 3. The molecule has 0 bridgehead atoms. The Labute approximate surface area is 396 Å². The van der Waals surface area contributed by atoms with Gasteiger partial charge in [0, 0.05) is 25.1 Å². The Balaban J connectivity index is 0.921. The standard InChI is InChI=1S/C48H53F3N6O8S2/c1-29-41(67-28-53-29)31-10-7-30(8-11-31)9-18-39(59)38-24-35(58)26-55(38)43(61)42(46(2,3)4)54-40(60)27-64-20-19-63-21-22-65-36-16-14-33(15-17-36)57-45(66)56(44(62)47(57,5)6)34-13-12-32(25-52)37(23-34)48(49,50)51/h7-8,10-17,23,28,35,38,42,58H,9,18-22,24,26-27H2,1-6H3,(H,54,60)/t35-,38+,42-/m1/s1. The van der Waals surface area contributed by atoms with Crippen molar-refractivity contribution in [1.29, 1.82) is 5.26 Å². The molecule has 1 aromatic heterocycles. The van der Waals surface area contributed by atoms with Gasteiger partial charge in [-0.25, -0.2) is 4.98 Å². The molecule has 0 spiro atoms. The van der Waals surface area contributed by atoms with Crippen LogP contribution in [0.3, 0.4) is 0 Å². The summed E-state index contributed by atoms with van der Waals surface area (Å²) >= 11 is 7.17. The van der Waals surface area contributed by atoms with E-state index in [-0.39, 0.29) is 69.0 Å². The highest BCUT2D eigenvalue weighted by Gasteiger charge is 2.51. The van der Waals surface area contributed by atoms with Gasteiger partial charge in [-0.1, -0.05) is 45.0 Å². The van der Waals surface area contributed by atoms with Gasteiger partial charge in [-0.3, -0.25) is 24.1 Å². The molecular formula is C48H53F3N6O8S2. The van der Waals surface area contributed by atoms with E-state index in [4.69, 9.17) is 26.4 Å². The number of likely N-dealkylation sites (tertiary alicyclic amines) is 1. The van der Waals surface area contributed by atoms with Crippen molar-refractivity contribution in [1.82, 2.24) is 15.2 Å². The molecule has 3 aromatic carbocycles. The number of thiocarbonyl (C=S) groups is 1. The van der Waals surface area contributed by atoms with Crippen LogP contribution in [0.25, 0.3) is 10.4 Å². The second-order valence-corrected chi connectivity index (χ2v) is 19.1. The minimum absolute atomic E-state index is 0.0159. The Bertz CT molecular complexity index is 2500. The number of ketones is 1. The summed E-state index contributed by atoms with van der Waals surface area (Å²) in [5.41, 5.74) is 1.47. The molecule has 0 aliphatic carbocycles. The zero-order chi connectivity index (χ0) is 48.8. The van der Waals surface area contributed by atoms with Crippen LogP contribution in [-0.4, -0.2) is 107 Å². The fourth-order valence-electron chi connectivity index (χ4n) is 7.97. The number of nitrogens with zero attached hydrogens (tertiary/aromatic N) is 5. The van der Waals surface area contributed by atoms with Crippen LogP contribution >= 0.6 is 23.6 Å². The van der Waals surface area contributed by atoms with Crippen LogP contribution in [0.1, 0.15) is 69.8 Å². The molecule has 14 nitrogen and oxygen atoms in total. The normalized spacial score (nSPS) is 17.7. The SMILES string of the molecule is Cc1ncsc1-c1ccc(CCC(=O)[C@@H]2C[C@@H](O)CN2C(=O)[C@@H](NC(=O)COCCOCCOc2ccc(N3C(=S)N(c4ccc(C#N)c(C(F)(F)F)c4)C(=O)C3(C)C)cc2)C(C)(C)C)cc1. The zero-order valence-electron chi connectivity index (χ0n) is 38.0. The summed E-state index contributed by atoms with van der Waals surface area (Å²) in [4.78, 5) is 63.4. The maximum absolute atomic E-state index is 14.0. The Kier molecular flexibility index (Phi) is 15.9. The number of aliphatic hydroxyl groups is 1. The van der Waals surface area contributed by atoms with Gasteiger partial charge in [0.15, 0.2) is 10.9 Å². The number of carbonyl (C=O) groups excluding carboxylic acids is 4. The average Bonchev–Trinajstić information content (AvgIpc) is 3.94. The van der Waals surface area contributed by atoms with E-state index in [2.05, 4.69) is 10.3 Å². The van der Waals surface area contributed by atoms with Crippen LogP contribution in [0, 0.1) is 23.7 Å². The van der Waals surface area contributed by atoms with Gasteiger partial charge in [-0.15, -0.1) is 11.3 Å². The summed E-state index contributed by atoms with van der Waals surface area (Å²) in [7, 11) is 0. The number of aliphatic hydroxyl groups excluding tert-OH is 1. The Morgan fingerprint density at radius 2 is 1.66 bits per heavy atom. The van der Waals surface area contributed by atoms with Crippen molar-refractivity contribution in [3.05, 3.63) is 94.6 Å². The molecule has 356 valence electrons. The Morgan fingerprint density at radius 3 is 2.28 bits per heavy atom. The molecule has 0 radical (unpaired) electrons. The maximum atomic E-state index is 14.0. The van der Waals surface area contributed by atoms with E-state index in [1.54, 1.807) is 55.0 Å². The van der Waals surface area contributed by atoms with Crippen molar-refractivity contribution in [2.24, 2.45) is 5.41 Å². The third-order valence-corrected chi connectivity index (χ3v) is 12.9. The summed E-state index contributed by atoms with van der Waals surface area (Å²) in [6, 6.07) is 17.3. The average molecular weight is 963 g/mol. The molecule has 67 heavy (non-hydrogen) atoms. The highest BCUT2D eigenvalue weighted by atomic mass is 32.1. The zero-order valence-corrected chi connectivity index (χ0v) is 39.6. The summed E-state index contributed by atoms with van der Waals surface area (Å²) < 4.78 is 58.0. The smallest absolute Gasteiger partial charge is 0.417 e. The molecule has 2 saturated heterocycles. The molecule has 19 heteroatoms. The van der Waals surface area contributed by atoms with Crippen molar-refractivity contribution in [3.63, 3.8) is 0 Å². The number of nitriles is 1. The quantitative estimate of drug-likeness (QED) is 0.0771. The van der Waals surface area contributed by atoms with Gasteiger partial charge < -0.3 is 34.4 Å². The summed E-state index contributed by atoms with van der Waals surface area (Å²) in [6.45, 7) is 10.8. The van der Waals surface area contributed by atoms with Crippen molar-refractivity contribution in [3.8, 4) is 22.3 Å². The number of amides is 3. The predicted octanol–water partition coefficient (Wildman–Crippen LogP) is 7.03. The lowest BCUT2D eigenvalue weighted by Crippen LogP contribution is -2.57. The van der Waals surface area contributed by atoms with Gasteiger partial charge in [-0.05, 0) is 98.4 Å². The molecule has 0 saturated carbocycles. The minimum Gasteiger partial charge on any atom is -0.491 e. The molecule has 4 aromatic rings. The first-order valence-corrected chi connectivity index (χ1v) is 22.9. The maximum Gasteiger partial charge on any atom is 0.417 e. The fourth-order valence-corrected chi connectivity index (χ4v) is 9.30. The topological polar surface area (TPSA) is 175 Å². The number of rotatable bonds is 18. The van der Waals surface area contributed by atoms with Crippen LogP contribution in [-0.2, 0) is 41.2 Å². The third-order valence-electron chi connectivity index (χ3n) is 11.5. The van der Waals surface area contributed by atoms with E-state index in [0.29, 0.717) is 17.9 Å². The molecule has 3 amide bonds. The van der Waals surface area contributed by atoms with Gasteiger partial charge >= 0.3 is 6.18 Å². The number of Topliss-reactive ketones (excluding diaryl/α,β-unsaturated/α-hetero) is 1. The van der Waals surface area contributed by atoms with E-state index in [1.165, 1.54) is 21.9 Å². The van der Waals surface area contributed by atoms with Gasteiger partial charge in [-0.2, -0.15) is 18.4 Å². The summed E-state index contributed by atoms with van der Waals surface area (Å²) in [5, 5.41) is 22.5. The van der Waals surface area contributed by atoms with E-state index in [1.807, 2.05) is 52.0 Å². The molecule has 2 aliphatic heterocycles. The number of ether oxygens (including phenoxy) is 3. The highest BCUT2D eigenvalue weighted by Crippen LogP contribution is 2.40. The van der Waals surface area contributed by atoms with Crippen molar-refractivity contribution < 1.29 is 51.7 Å². The van der Waals surface area contributed by atoms with Crippen LogP contribution in [0.5, 0.6) is 5.75 Å². The van der Waals surface area contributed by atoms with Crippen molar-refractivity contribution in [2.45, 2.75) is 90.7 Å². The van der Waals surface area contributed by atoms with Crippen LogP contribution < -0.4 is 19.9 Å². The minimum atomic E-state index is -4.82. The summed E-state index contributed by atoms with van der Waals surface area (Å²) in [6.07, 6.45) is -4.90. The van der Waals surface area contributed by atoms with Crippen LogP contribution in [0.15, 0.2) is 72.2 Å². The largest absolute Gasteiger partial charge is 0.491 e.